The number of fused-ring (bicyclic) bond motifs is 1. The molecule has 2 aromatic carbocycles. The molecule has 0 amide bonds. The Morgan fingerprint density at radius 1 is 1.24 bits per heavy atom. The number of benzene rings is 2. The van der Waals surface area contributed by atoms with Gasteiger partial charge < -0.3 is 19.9 Å². The van der Waals surface area contributed by atoms with E-state index in [4.69, 9.17) is 9.47 Å². The molecule has 0 aromatic heterocycles. The molecule has 2 atom stereocenters. The summed E-state index contributed by atoms with van der Waals surface area (Å²) < 4.78 is 10.8. The predicted molar refractivity (Wildman–Crippen MR) is 80.9 cm³/mol. The highest BCUT2D eigenvalue weighted by atomic mass is 16.5. The molecule has 1 aliphatic rings. The standard InChI is InChI=1S/C17H19NO3/c1-11(12-3-6-14(20-2)7-4-12)18-16-10-21-17-9-13(19)5-8-15(16)17/h3-9,11,16,18-19H,10H2,1-2H3/t11-,16?/m1/s1. The van der Waals surface area contributed by atoms with E-state index in [1.807, 2.05) is 18.2 Å². The Kier molecular flexibility index (Phi) is 3.71. The van der Waals surface area contributed by atoms with Crippen LogP contribution < -0.4 is 14.8 Å². The SMILES string of the molecule is COc1ccc([C@@H](C)NC2COc3cc(O)ccc32)cc1. The van der Waals surface area contributed by atoms with Gasteiger partial charge in [-0.05, 0) is 36.8 Å². The number of nitrogens with one attached hydrogen (secondary N) is 1. The van der Waals surface area contributed by atoms with Crippen LogP contribution in [0.2, 0.25) is 0 Å². The van der Waals surface area contributed by atoms with Crippen molar-refractivity contribution in [2.45, 2.75) is 19.0 Å². The maximum absolute atomic E-state index is 9.48. The van der Waals surface area contributed by atoms with E-state index in [0.717, 1.165) is 17.1 Å². The van der Waals surface area contributed by atoms with Gasteiger partial charge in [-0.3, -0.25) is 0 Å². The third-order valence-electron chi connectivity index (χ3n) is 3.85. The van der Waals surface area contributed by atoms with E-state index in [9.17, 15) is 5.11 Å². The van der Waals surface area contributed by atoms with Crippen LogP contribution in [0, 0.1) is 0 Å². The van der Waals surface area contributed by atoms with E-state index in [0.29, 0.717) is 6.61 Å². The fraction of sp³-hybridized carbons (Fsp3) is 0.294. The summed E-state index contributed by atoms with van der Waals surface area (Å²) in [5.41, 5.74) is 2.29. The van der Waals surface area contributed by atoms with Crippen LogP contribution in [0.1, 0.15) is 30.1 Å². The average Bonchev–Trinajstić information content (AvgIpc) is 2.89. The summed E-state index contributed by atoms with van der Waals surface area (Å²) in [4.78, 5) is 0. The van der Waals surface area contributed by atoms with Crippen LogP contribution in [-0.4, -0.2) is 18.8 Å². The Bertz CT molecular complexity index is 624. The van der Waals surface area contributed by atoms with Crippen molar-refractivity contribution in [2.75, 3.05) is 13.7 Å². The maximum atomic E-state index is 9.48. The average molecular weight is 285 g/mol. The van der Waals surface area contributed by atoms with Crippen molar-refractivity contribution in [1.29, 1.82) is 0 Å². The van der Waals surface area contributed by atoms with Crippen molar-refractivity contribution < 1.29 is 14.6 Å². The van der Waals surface area contributed by atoms with Gasteiger partial charge in [-0.15, -0.1) is 0 Å². The molecule has 1 heterocycles. The third-order valence-corrected chi connectivity index (χ3v) is 3.85. The molecule has 0 saturated carbocycles. The number of phenols is 1. The van der Waals surface area contributed by atoms with Crippen LogP contribution in [0.4, 0.5) is 0 Å². The lowest BCUT2D eigenvalue weighted by Gasteiger charge is -2.19. The number of hydrogen-bond acceptors (Lipinski definition) is 4. The lowest BCUT2D eigenvalue weighted by Crippen LogP contribution is -2.25. The number of methoxy groups -OCH3 is 1. The minimum absolute atomic E-state index is 0.137. The van der Waals surface area contributed by atoms with Crippen molar-refractivity contribution in [3.63, 3.8) is 0 Å². The Morgan fingerprint density at radius 2 is 2.00 bits per heavy atom. The largest absolute Gasteiger partial charge is 0.508 e. The molecular formula is C17H19NO3. The fourth-order valence-electron chi connectivity index (χ4n) is 2.63. The van der Waals surface area contributed by atoms with Crippen LogP contribution in [0.3, 0.4) is 0 Å². The smallest absolute Gasteiger partial charge is 0.127 e. The van der Waals surface area contributed by atoms with E-state index < -0.39 is 0 Å². The zero-order valence-corrected chi connectivity index (χ0v) is 12.2. The topological polar surface area (TPSA) is 50.7 Å². The summed E-state index contributed by atoms with van der Waals surface area (Å²) in [5, 5.41) is 13.0. The van der Waals surface area contributed by atoms with Gasteiger partial charge >= 0.3 is 0 Å². The van der Waals surface area contributed by atoms with Crippen molar-refractivity contribution in [2.24, 2.45) is 0 Å². The first-order valence-electron chi connectivity index (χ1n) is 7.03. The van der Waals surface area contributed by atoms with Crippen molar-refractivity contribution >= 4 is 0 Å². The number of phenolic OH excluding ortho intramolecular Hbond substituents is 1. The Hall–Kier alpha value is -2.20. The van der Waals surface area contributed by atoms with Gasteiger partial charge in [0.15, 0.2) is 0 Å². The molecule has 1 aliphatic heterocycles. The molecule has 0 spiro atoms. The highest BCUT2D eigenvalue weighted by molar-refractivity contribution is 5.44. The molecule has 4 heteroatoms. The van der Waals surface area contributed by atoms with Gasteiger partial charge in [0.05, 0.1) is 13.2 Å². The monoisotopic (exact) mass is 285 g/mol. The first-order chi connectivity index (χ1) is 10.2. The Balaban J connectivity index is 1.72. The molecule has 4 nitrogen and oxygen atoms in total. The van der Waals surface area contributed by atoms with Crippen LogP contribution in [0.5, 0.6) is 17.2 Å². The molecule has 2 N–H and O–H groups in total. The Labute approximate surface area is 124 Å². The second-order valence-electron chi connectivity index (χ2n) is 5.25. The molecule has 2 aromatic rings. The molecule has 0 bridgehead atoms. The van der Waals surface area contributed by atoms with Crippen LogP contribution in [0.15, 0.2) is 42.5 Å². The zero-order chi connectivity index (χ0) is 14.8. The summed E-state index contributed by atoms with van der Waals surface area (Å²) in [6.07, 6.45) is 0. The first-order valence-corrected chi connectivity index (χ1v) is 7.03. The molecule has 110 valence electrons. The molecule has 0 saturated heterocycles. The van der Waals surface area contributed by atoms with Crippen molar-refractivity contribution in [3.05, 3.63) is 53.6 Å². The third kappa shape index (κ3) is 2.81. The van der Waals surface area contributed by atoms with E-state index in [2.05, 4.69) is 24.4 Å². The molecule has 21 heavy (non-hydrogen) atoms. The summed E-state index contributed by atoms with van der Waals surface area (Å²) in [5.74, 6) is 1.85. The highest BCUT2D eigenvalue weighted by Crippen LogP contribution is 2.36. The van der Waals surface area contributed by atoms with Crippen LogP contribution in [-0.2, 0) is 0 Å². The molecule has 0 aliphatic carbocycles. The maximum Gasteiger partial charge on any atom is 0.127 e. The summed E-state index contributed by atoms with van der Waals surface area (Å²) in [7, 11) is 1.67. The molecule has 0 radical (unpaired) electrons. The van der Waals surface area contributed by atoms with Gasteiger partial charge in [-0.1, -0.05) is 12.1 Å². The Morgan fingerprint density at radius 3 is 2.71 bits per heavy atom. The highest BCUT2D eigenvalue weighted by Gasteiger charge is 2.25. The van der Waals surface area contributed by atoms with E-state index in [1.165, 1.54) is 5.56 Å². The van der Waals surface area contributed by atoms with E-state index in [1.54, 1.807) is 19.2 Å². The summed E-state index contributed by atoms with van der Waals surface area (Å²) in [6.45, 7) is 2.71. The number of hydrogen-bond donors (Lipinski definition) is 2. The quantitative estimate of drug-likeness (QED) is 0.906. The van der Waals surface area contributed by atoms with E-state index >= 15 is 0 Å². The fourth-order valence-corrected chi connectivity index (χ4v) is 2.63. The van der Waals surface area contributed by atoms with Gasteiger partial charge in [0, 0.05) is 17.7 Å². The molecule has 1 unspecified atom stereocenters. The number of ether oxygens (including phenoxy) is 2. The second-order valence-corrected chi connectivity index (χ2v) is 5.25. The lowest BCUT2D eigenvalue weighted by atomic mass is 10.0. The van der Waals surface area contributed by atoms with Gasteiger partial charge in [0.25, 0.3) is 0 Å². The molecule has 0 fully saturated rings. The van der Waals surface area contributed by atoms with Crippen LogP contribution in [0.25, 0.3) is 0 Å². The number of rotatable bonds is 4. The van der Waals surface area contributed by atoms with E-state index in [-0.39, 0.29) is 17.8 Å². The van der Waals surface area contributed by atoms with Crippen LogP contribution >= 0.6 is 0 Å². The molecule has 3 rings (SSSR count). The number of aromatic hydroxyl groups is 1. The first kappa shape index (κ1) is 13.8. The van der Waals surface area contributed by atoms with Gasteiger partial charge in [-0.25, -0.2) is 0 Å². The van der Waals surface area contributed by atoms with Gasteiger partial charge in [-0.2, -0.15) is 0 Å². The van der Waals surface area contributed by atoms with Gasteiger partial charge in [0.2, 0.25) is 0 Å². The zero-order valence-electron chi connectivity index (χ0n) is 12.2. The van der Waals surface area contributed by atoms with Crippen molar-refractivity contribution in [3.8, 4) is 17.2 Å². The normalized spacial score (nSPS) is 17.9. The minimum Gasteiger partial charge on any atom is -0.508 e. The minimum atomic E-state index is 0.137. The van der Waals surface area contributed by atoms with Crippen molar-refractivity contribution in [1.82, 2.24) is 5.32 Å². The lowest BCUT2D eigenvalue weighted by molar-refractivity contribution is 0.300. The second kappa shape index (κ2) is 5.66. The predicted octanol–water partition coefficient (Wildman–Crippen LogP) is 3.19. The van der Waals surface area contributed by atoms with Gasteiger partial charge in [0.1, 0.15) is 23.9 Å². The summed E-state index contributed by atoms with van der Waals surface area (Å²) in [6, 6.07) is 13.6. The molecular weight excluding hydrogens is 266 g/mol. The summed E-state index contributed by atoms with van der Waals surface area (Å²) >= 11 is 0.